The zero-order chi connectivity index (χ0) is 18.4. The summed E-state index contributed by atoms with van der Waals surface area (Å²) in [6.07, 6.45) is 0.939. The molecule has 3 rings (SSSR count). The zero-order valence-electron chi connectivity index (χ0n) is 15.0. The van der Waals surface area contributed by atoms with Crippen molar-refractivity contribution in [3.8, 4) is 10.8 Å². The minimum absolute atomic E-state index is 0.0302. The van der Waals surface area contributed by atoms with E-state index in [1.54, 1.807) is 23.3 Å². The molecule has 0 bridgehead atoms. The number of likely N-dealkylation sites (N-methyl/N-ethyl adjacent to an activating group) is 1. The molecule has 136 valence electrons. The average Bonchev–Trinajstić information content (AvgIpc) is 3.33. The van der Waals surface area contributed by atoms with E-state index < -0.39 is 0 Å². The van der Waals surface area contributed by atoms with Crippen molar-refractivity contribution >= 4 is 22.9 Å². The molecule has 0 unspecified atom stereocenters. The van der Waals surface area contributed by atoms with E-state index in [1.165, 1.54) is 0 Å². The summed E-state index contributed by atoms with van der Waals surface area (Å²) in [5.41, 5.74) is 0.881. The van der Waals surface area contributed by atoms with E-state index in [2.05, 4.69) is 17.1 Å². The van der Waals surface area contributed by atoms with Crippen molar-refractivity contribution in [3.05, 3.63) is 53.7 Å². The Kier molecular flexibility index (Phi) is 6.14. The van der Waals surface area contributed by atoms with Gasteiger partial charge in [0.1, 0.15) is 0 Å². The molecule has 0 aliphatic carbocycles. The van der Waals surface area contributed by atoms with Crippen LogP contribution in [-0.2, 0) is 11.3 Å². The number of rotatable bonds is 8. The van der Waals surface area contributed by atoms with E-state index in [-0.39, 0.29) is 5.91 Å². The van der Waals surface area contributed by atoms with Crippen molar-refractivity contribution in [3.63, 3.8) is 0 Å². The first-order valence-electron chi connectivity index (χ1n) is 8.57. The molecule has 2 aromatic heterocycles. The van der Waals surface area contributed by atoms with Crippen LogP contribution in [0.15, 0.2) is 52.3 Å². The predicted octanol–water partition coefficient (Wildman–Crippen LogP) is 3.67. The van der Waals surface area contributed by atoms with E-state index in [9.17, 15) is 4.79 Å². The molecule has 0 saturated carbocycles. The van der Waals surface area contributed by atoms with Gasteiger partial charge in [-0.2, -0.15) is 0 Å². The number of hydrogen-bond acceptors (Lipinski definition) is 6. The molecule has 0 spiro atoms. The molecule has 0 aliphatic heterocycles. The number of anilines is 1. The summed E-state index contributed by atoms with van der Waals surface area (Å²) in [5.74, 6) is 1.08. The number of amides is 1. The summed E-state index contributed by atoms with van der Waals surface area (Å²) in [5, 5.41) is 10.2. The summed E-state index contributed by atoms with van der Waals surface area (Å²) < 4.78 is 5.75. The zero-order valence-corrected chi connectivity index (χ0v) is 15.8. The Morgan fingerprint density at radius 2 is 1.96 bits per heavy atom. The number of carbonyl (C=O) groups is 1. The van der Waals surface area contributed by atoms with Crippen LogP contribution in [0, 0.1) is 0 Å². The van der Waals surface area contributed by atoms with Crippen molar-refractivity contribution in [2.45, 2.75) is 19.9 Å². The van der Waals surface area contributed by atoms with Gasteiger partial charge in [0.05, 0.1) is 18.0 Å². The lowest BCUT2D eigenvalue weighted by molar-refractivity contribution is -0.119. The molecule has 1 amide bonds. The highest BCUT2D eigenvalue weighted by Crippen LogP contribution is 2.23. The van der Waals surface area contributed by atoms with Crippen molar-refractivity contribution in [1.82, 2.24) is 15.1 Å². The van der Waals surface area contributed by atoms with Crippen LogP contribution >= 0.6 is 11.3 Å². The van der Waals surface area contributed by atoms with Gasteiger partial charge in [-0.3, -0.25) is 9.69 Å². The summed E-state index contributed by atoms with van der Waals surface area (Å²) in [6.45, 7) is 3.63. The number of nitrogens with zero attached hydrogens (tertiary/aromatic N) is 4. The average molecular weight is 370 g/mol. The van der Waals surface area contributed by atoms with E-state index in [1.807, 2.05) is 52.7 Å². The molecule has 3 aromatic rings. The molecule has 0 aliphatic rings. The molecule has 0 radical (unpaired) electrons. The van der Waals surface area contributed by atoms with E-state index in [0.29, 0.717) is 24.9 Å². The Morgan fingerprint density at radius 3 is 2.65 bits per heavy atom. The Labute approximate surface area is 157 Å². The third-order valence-electron chi connectivity index (χ3n) is 3.97. The first-order valence-corrected chi connectivity index (χ1v) is 9.45. The smallest absolute Gasteiger partial charge is 0.257 e. The van der Waals surface area contributed by atoms with Crippen LogP contribution in [0.4, 0.5) is 5.69 Å². The first-order chi connectivity index (χ1) is 12.7. The summed E-state index contributed by atoms with van der Waals surface area (Å²) >= 11 is 1.56. The second-order valence-corrected chi connectivity index (χ2v) is 6.92. The highest BCUT2D eigenvalue weighted by atomic mass is 32.1. The molecule has 0 atom stereocenters. The Hall–Kier alpha value is -2.51. The second-order valence-electron chi connectivity index (χ2n) is 5.98. The lowest BCUT2D eigenvalue weighted by atomic mass is 10.3. The monoisotopic (exact) mass is 370 g/mol. The van der Waals surface area contributed by atoms with Crippen LogP contribution in [0.5, 0.6) is 0 Å². The number of hydrogen-bond donors (Lipinski definition) is 0. The van der Waals surface area contributed by atoms with Crippen molar-refractivity contribution in [2.75, 3.05) is 25.0 Å². The topological polar surface area (TPSA) is 62.5 Å². The number of aromatic nitrogens is 2. The van der Waals surface area contributed by atoms with E-state index in [0.717, 1.165) is 23.5 Å². The van der Waals surface area contributed by atoms with Crippen LogP contribution in [-0.4, -0.2) is 41.1 Å². The fraction of sp³-hybridized carbons (Fsp3) is 0.316. The van der Waals surface area contributed by atoms with Gasteiger partial charge in [-0.05, 0) is 36.5 Å². The van der Waals surface area contributed by atoms with Gasteiger partial charge in [0.25, 0.3) is 5.89 Å². The highest BCUT2D eigenvalue weighted by molar-refractivity contribution is 7.13. The summed E-state index contributed by atoms with van der Waals surface area (Å²) in [6, 6.07) is 13.5. The van der Waals surface area contributed by atoms with Gasteiger partial charge < -0.3 is 9.32 Å². The second kappa shape index (κ2) is 8.73. The van der Waals surface area contributed by atoms with E-state index in [4.69, 9.17) is 4.42 Å². The minimum atomic E-state index is 0.0302. The number of thiophene rings is 1. The van der Waals surface area contributed by atoms with Gasteiger partial charge >= 0.3 is 0 Å². The lowest BCUT2D eigenvalue weighted by Gasteiger charge is -2.23. The van der Waals surface area contributed by atoms with Gasteiger partial charge in [-0.1, -0.05) is 31.2 Å². The van der Waals surface area contributed by atoms with Crippen molar-refractivity contribution in [2.24, 2.45) is 0 Å². The highest BCUT2D eigenvalue weighted by Gasteiger charge is 2.18. The van der Waals surface area contributed by atoms with Crippen LogP contribution in [0.3, 0.4) is 0 Å². The SMILES string of the molecule is CCCN(CC(=O)N(C)c1ccccc1)Cc1nnc(-c2cccs2)o1. The minimum Gasteiger partial charge on any atom is -0.419 e. The van der Waals surface area contributed by atoms with Crippen LogP contribution < -0.4 is 4.90 Å². The van der Waals surface area contributed by atoms with Gasteiger partial charge in [0.15, 0.2) is 0 Å². The summed E-state index contributed by atoms with van der Waals surface area (Å²) in [7, 11) is 1.80. The molecular weight excluding hydrogens is 348 g/mol. The molecule has 26 heavy (non-hydrogen) atoms. The van der Waals surface area contributed by atoms with Gasteiger partial charge in [0, 0.05) is 12.7 Å². The fourth-order valence-corrected chi connectivity index (χ4v) is 3.28. The summed E-state index contributed by atoms with van der Waals surface area (Å²) in [4.78, 5) is 17.3. The molecule has 2 heterocycles. The maximum absolute atomic E-state index is 12.6. The normalized spacial score (nSPS) is 11.0. The van der Waals surface area contributed by atoms with Crippen LogP contribution in [0.2, 0.25) is 0 Å². The molecule has 0 N–H and O–H groups in total. The molecular formula is C19H22N4O2S. The number of benzene rings is 1. The third kappa shape index (κ3) is 4.56. The number of carbonyl (C=O) groups excluding carboxylic acids is 1. The molecule has 0 saturated heterocycles. The van der Waals surface area contributed by atoms with Crippen LogP contribution in [0.1, 0.15) is 19.2 Å². The molecule has 0 fully saturated rings. The van der Waals surface area contributed by atoms with Crippen molar-refractivity contribution in [1.29, 1.82) is 0 Å². The molecule has 7 heteroatoms. The first kappa shape index (κ1) is 18.3. The van der Waals surface area contributed by atoms with E-state index >= 15 is 0 Å². The molecule has 1 aromatic carbocycles. The molecule has 6 nitrogen and oxygen atoms in total. The Morgan fingerprint density at radius 1 is 1.15 bits per heavy atom. The van der Waals surface area contributed by atoms with Crippen molar-refractivity contribution < 1.29 is 9.21 Å². The Balaban J connectivity index is 1.64. The van der Waals surface area contributed by atoms with Crippen LogP contribution in [0.25, 0.3) is 10.8 Å². The largest absolute Gasteiger partial charge is 0.419 e. The standard InChI is InChI=1S/C19H22N4O2S/c1-3-11-23(14-18(24)22(2)15-8-5-4-6-9-15)13-17-20-21-19(25-17)16-10-7-12-26-16/h4-10,12H,3,11,13-14H2,1-2H3. The maximum Gasteiger partial charge on any atom is 0.257 e. The fourth-order valence-electron chi connectivity index (χ4n) is 2.63. The number of para-hydroxylation sites is 1. The predicted molar refractivity (Wildman–Crippen MR) is 103 cm³/mol. The maximum atomic E-state index is 12.6. The van der Waals surface area contributed by atoms with Gasteiger partial charge in [-0.15, -0.1) is 21.5 Å². The quantitative estimate of drug-likeness (QED) is 0.605. The Bertz CT molecular complexity index is 817. The van der Waals surface area contributed by atoms with Gasteiger partial charge in [0.2, 0.25) is 11.8 Å². The van der Waals surface area contributed by atoms with Gasteiger partial charge in [-0.25, -0.2) is 0 Å². The third-order valence-corrected chi connectivity index (χ3v) is 4.83. The lowest BCUT2D eigenvalue weighted by Crippen LogP contribution is -2.38.